The van der Waals surface area contributed by atoms with Crippen molar-refractivity contribution in [1.29, 1.82) is 0 Å². The molecule has 1 heterocycles. The molecule has 0 radical (unpaired) electrons. The average Bonchev–Trinajstić information content (AvgIpc) is 3.05. The Hall–Kier alpha value is -2.92. The molecular weight excluding hydrogens is 292 g/mol. The molecule has 0 aliphatic rings. The Morgan fingerprint density at radius 2 is 1.65 bits per heavy atom. The molecular formula is C18H16N2O3. The Morgan fingerprint density at radius 3 is 2.35 bits per heavy atom. The molecule has 2 aromatic carbocycles. The molecule has 0 bridgehead atoms. The summed E-state index contributed by atoms with van der Waals surface area (Å²) in [4.78, 5) is 10.3. The lowest BCUT2D eigenvalue weighted by atomic mass is 10.1. The summed E-state index contributed by atoms with van der Waals surface area (Å²) in [7, 11) is 0. The third-order valence-electron chi connectivity index (χ3n) is 3.50. The van der Waals surface area contributed by atoms with Crippen molar-refractivity contribution in [2.75, 3.05) is 0 Å². The highest BCUT2D eigenvalue weighted by atomic mass is 16.6. The average molecular weight is 308 g/mol. The third-order valence-corrected chi connectivity index (χ3v) is 3.50. The van der Waals surface area contributed by atoms with Crippen LogP contribution >= 0.6 is 0 Å². The van der Waals surface area contributed by atoms with Gasteiger partial charge in [0.2, 0.25) is 0 Å². The van der Waals surface area contributed by atoms with E-state index >= 15 is 0 Å². The molecule has 0 saturated heterocycles. The smallest absolute Gasteiger partial charge is 0.269 e. The zero-order valence-electron chi connectivity index (χ0n) is 12.4. The number of nitrogens with one attached hydrogen (secondary N) is 1. The molecule has 0 amide bonds. The van der Waals surface area contributed by atoms with Crippen LogP contribution < -0.4 is 5.32 Å². The summed E-state index contributed by atoms with van der Waals surface area (Å²) in [5.74, 6) is 1.53. The number of benzene rings is 2. The van der Waals surface area contributed by atoms with Crippen molar-refractivity contribution in [3.63, 3.8) is 0 Å². The van der Waals surface area contributed by atoms with Gasteiger partial charge in [0.25, 0.3) is 5.69 Å². The highest BCUT2D eigenvalue weighted by Crippen LogP contribution is 2.24. The fourth-order valence-electron chi connectivity index (χ4n) is 2.30. The van der Waals surface area contributed by atoms with Gasteiger partial charge in [-0.25, -0.2) is 0 Å². The van der Waals surface area contributed by atoms with Gasteiger partial charge < -0.3 is 9.73 Å². The third kappa shape index (κ3) is 3.84. The summed E-state index contributed by atoms with van der Waals surface area (Å²) in [5, 5.41) is 14.0. The number of hydrogen-bond acceptors (Lipinski definition) is 4. The van der Waals surface area contributed by atoms with Gasteiger partial charge in [-0.1, -0.05) is 30.3 Å². The van der Waals surface area contributed by atoms with Crippen LogP contribution in [0.25, 0.3) is 11.3 Å². The van der Waals surface area contributed by atoms with E-state index in [-0.39, 0.29) is 5.69 Å². The quantitative estimate of drug-likeness (QED) is 0.549. The van der Waals surface area contributed by atoms with Gasteiger partial charge >= 0.3 is 0 Å². The van der Waals surface area contributed by atoms with Crippen LogP contribution in [0.5, 0.6) is 0 Å². The van der Waals surface area contributed by atoms with E-state index in [1.807, 2.05) is 30.3 Å². The van der Waals surface area contributed by atoms with E-state index in [2.05, 4.69) is 17.4 Å². The Labute approximate surface area is 133 Å². The summed E-state index contributed by atoms with van der Waals surface area (Å²) < 4.78 is 5.78. The molecule has 0 fully saturated rings. The molecule has 23 heavy (non-hydrogen) atoms. The molecule has 0 aliphatic heterocycles. The monoisotopic (exact) mass is 308 g/mol. The maximum atomic E-state index is 10.7. The first kappa shape index (κ1) is 15.0. The molecule has 0 atom stereocenters. The fraction of sp³-hybridized carbons (Fsp3) is 0.111. The van der Waals surface area contributed by atoms with Gasteiger partial charge in [0, 0.05) is 24.2 Å². The molecule has 1 N–H and O–H groups in total. The van der Waals surface area contributed by atoms with Crippen molar-refractivity contribution >= 4 is 5.69 Å². The van der Waals surface area contributed by atoms with Crippen LogP contribution in [0.15, 0.2) is 71.1 Å². The van der Waals surface area contributed by atoms with Gasteiger partial charge in [0.1, 0.15) is 11.5 Å². The second-order valence-corrected chi connectivity index (χ2v) is 5.16. The van der Waals surface area contributed by atoms with E-state index in [9.17, 15) is 10.1 Å². The normalized spacial score (nSPS) is 10.6. The largest absolute Gasteiger partial charge is 0.460 e. The molecule has 3 rings (SSSR count). The van der Waals surface area contributed by atoms with Gasteiger partial charge in [-0.3, -0.25) is 10.1 Å². The molecule has 0 aliphatic carbocycles. The van der Waals surface area contributed by atoms with Crippen LogP contribution in [0, 0.1) is 10.1 Å². The lowest BCUT2D eigenvalue weighted by molar-refractivity contribution is -0.384. The Bertz CT molecular complexity index is 780. The first-order valence-corrected chi connectivity index (χ1v) is 7.30. The summed E-state index contributed by atoms with van der Waals surface area (Å²) in [5.41, 5.74) is 2.12. The zero-order chi connectivity index (χ0) is 16.1. The number of nitrogens with zero attached hydrogens (tertiary/aromatic N) is 1. The SMILES string of the molecule is O=[N+]([O-])c1ccc(-c2ccc(CNCc3ccccc3)o2)cc1. The molecule has 1 aromatic heterocycles. The van der Waals surface area contributed by atoms with Crippen molar-refractivity contribution in [1.82, 2.24) is 5.32 Å². The molecule has 0 saturated carbocycles. The van der Waals surface area contributed by atoms with Crippen molar-refractivity contribution in [2.45, 2.75) is 13.1 Å². The fourth-order valence-corrected chi connectivity index (χ4v) is 2.30. The van der Waals surface area contributed by atoms with E-state index in [0.29, 0.717) is 12.3 Å². The first-order valence-electron chi connectivity index (χ1n) is 7.30. The Kier molecular flexibility index (Phi) is 4.49. The van der Waals surface area contributed by atoms with Gasteiger partial charge in [-0.15, -0.1) is 0 Å². The number of nitro groups is 1. The van der Waals surface area contributed by atoms with E-state index < -0.39 is 4.92 Å². The van der Waals surface area contributed by atoms with Gasteiger partial charge in [-0.2, -0.15) is 0 Å². The van der Waals surface area contributed by atoms with Crippen LogP contribution in [0.2, 0.25) is 0 Å². The number of furan rings is 1. The predicted molar refractivity (Wildman–Crippen MR) is 87.8 cm³/mol. The topological polar surface area (TPSA) is 68.3 Å². The summed E-state index contributed by atoms with van der Waals surface area (Å²) in [6, 6.07) is 20.3. The lowest BCUT2D eigenvalue weighted by Crippen LogP contribution is -2.11. The van der Waals surface area contributed by atoms with Gasteiger partial charge in [0.15, 0.2) is 0 Å². The Balaban J connectivity index is 1.60. The summed E-state index contributed by atoms with van der Waals surface area (Å²) in [6.45, 7) is 1.40. The van der Waals surface area contributed by atoms with Crippen LogP contribution in [-0.4, -0.2) is 4.92 Å². The van der Waals surface area contributed by atoms with E-state index in [0.717, 1.165) is 17.9 Å². The van der Waals surface area contributed by atoms with Crippen molar-refractivity contribution in [3.05, 3.63) is 88.2 Å². The predicted octanol–water partition coefficient (Wildman–Crippen LogP) is 4.14. The number of nitro benzene ring substituents is 1. The minimum absolute atomic E-state index is 0.0741. The standard InChI is InChI=1S/C18H16N2O3/c21-20(22)16-8-6-15(7-9-16)18-11-10-17(23-18)13-19-12-14-4-2-1-3-5-14/h1-11,19H,12-13H2. The van der Waals surface area contributed by atoms with Crippen LogP contribution in [0.4, 0.5) is 5.69 Å². The maximum Gasteiger partial charge on any atom is 0.269 e. The number of non-ortho nitro benzene ring substituents is 1. The highest BCUT2D eigenvalue weighted by Gasteiger charge is 2.08. The molecule has 5 nitrogen and oxygen atoms in total. The van der Waals surface area contributed by atoms with Gasteiger partial charge in [0.05, 0.1) is 11.5 Å². The molecule has 0 spiro atoms. The summed E-state index contributed by atoms with van der Waals surface area (Å²) >= 11 is 0. The van der Waals surface area contributed by atoms with Crippen molar-refractivity contribution in [2.24, 2.45) is 0 Å². The van der Waals surface area contributed by atoms with Crippen LogP contribution in [0.3, 0.4) is 0 Å². The molecule has 5 heteroatoms. The van der Waals surface area contributed by atoms with E-state index in [4.69, 9.17) is 4.42 Å². The molecule has 0 unspecified atom stereocenters. The molecule has 3 aromatic rings. The van der Waals surface area contributed by atoms with Crippen molar-refractivity contribution < 1.29 is 9.34 Å². The van der Waals surface area contributed by atoms with Crippen molar-refractivity contribution in [3.8, 4) is 11.3 Å². The highest BCUT2D eigenvalue weighted by molar-refractivity contribution is 5.59. The maximum absolute atomic E-state index is 10.7. The van der Waals surface area contributed by atoms with Gasteiger partial charge in [-0.05, 0) is 29.8 Å². The summed E-state index contributed by atoms with van der Waals surface area (Å²) in [6.07, 6.45) is 0. The minimum atomic E-state index is -0.412. The lowest BCUT2D eigenvalue weighted by Gasteiger charge is -2.03. The van der Waals surface area contributed by atoms with E-state index in [1.165, 1.54) is 17.7 Å². The molecule has 116 valence electrons. The Morgan fingerprint density at radius 1 is 0.913 bits per heavy atom. The van der Waals surface area contributed by atoms with Crippen LogP contribution in [0.1, 0.15) is 11.3 Å². The minimum Gasteiger partial charge on any atom is -0.460 e. The first-order chi connectivity index (χ1) is 11.2. The van der Waals surface area contributed by atoms with Crippen LogP contribution in [-0.2, 0) is 13.1 Å². The number of hydrogen-bond donors (Lipinski definition) is 1. The second-order valence-electron chi connectivity index (χ2n) is 5.16. The van der Waals surface area contributed by atoms with E-state index in [1.54, 1.807) is 12.1 Å². The second kappa shape index (κ2) is 6.89. The number of rotatable bonds is 6. The zero-order valence-corrected chi connectivity index (χ0v) is 12.4.